The summed E-state index contributed by atoms with van der Waals surface area (Å²) in [5.41, 5.74) is 5.45. The van der Waals surface area contributed by atoms with E-state index in [0.29, 0.717) is 18.9 Å². The van der Waals surface area contributed by atoms with Gasteiger partial charge in [-0.25, -0.2) is 4.68 Å². The molecule has 0 radical (unpaired) electrons. The molecule has 0 aliphatic carbocycles. The van der Waals surface area contributed by atoms with Gasteiger partial charge in [-0.05, 0) is 61.9 Å². The van der Waals surface area contributed by atoms with Gasteiger partial charge < -0.3 is 14.5 Å². The van der Waals surface area contributed by atoms with E-state index in [1.54, 1.807) is 6.26 Å². The van der Waals surface area contributed by atoms with Gasteiger partial charge in [0.2, 0.25) is 5.91 Å². The number of anilines is 1. The highest BCUT2D eigenvalue weighted by molar-refractivity contribution is 6.02. The van der Waals surface area contributed by atoms with Gasteiger partial charge in [0.15, 0.2) is 0 Å². The molecule has 0 saturated carbocycles. The van der Waals surface area contributed by atoms with Crippen molar-refractivity contribution < 1.29 is 13.9 Å². The summed E-state index contributed by atoms with van der Waals surface area (Å²) in [6, 6.07) is 21.2. The number of para-hydroxylation sites is 1. The maximum absolute atomic E-state index is 12.5. The molecule has 0 unspecified atom stereocenters. The number of furan rings is 1. The molecule has 6 heteroatoms. The molecule has 0 spiro atoms. The minimum atomic E-state index is -0.204. The Morgan fingerprint density at radius 2 is 1.91 bits per heavy atom. The van der Waals surface area contributed by atoms with Crippen LogP contribution in [0.25, 0.3) is 11.8 Å². The Bertz CT molecular complexity index is 1210. The predicted molar refractivity (Wildman–Crippen MR) is 124 cm³/mol. The van der Waals surface area contributed by atoms with E-state index in [2.05, 4.69) is 10.4 Å². The number of aryl methyl sites for hydroxylation is 1. The van der Waals surface area contributed by atoms with Crippen molar-refractivity contribution in [1.82, 2.24) is 9.78 Å². The maximum Gasteiger partial charge on any atom is 0.248 e. The summed E-state index contributed by atoms with van der Waals surface area (Å²) in [5.74, 6) is 0.575. The molecular formula is C26H25N3O3. The fourth-order valence-electron chi connectivity index (χ4n) is 3.46. The zero-order valence-corrected chi connectivity index (χ0v) is 18.1. The van der Waals surface area contributed by atoms with E-state index >= 15 is 0 Å². The fourth-order valence-corrected chi connectivity index (χ4v) is 3.46. The summed E-state index contributed by atoms with van der Waals surface area (Å²) in [6.45, 7) is 4.77. The monoisotopic (exact) mass is 427 g/mol. The number of carbonyl (C=O) groups excluding carboxylic acids is 1. The summed E-state index contributed by atoms with van der Waals surface area (Å²) in [4.78, 5) is 12.5. The van der Waals surface area contributed by atoms with Crippen LogP contribution in [0.5, 0.6) is 0 Å². The zero-order valence-electron chi connectivity index (χ0n) is 18.1. The number of hydrogen-bond acceptors (Lipinski definition) is 4. The third kappa shape index (κ3) is 5.22. The molecule has 2 aromatic heterocycles. The predicted octanol–water partition coefficient (Wildman–Crippen LogP) is 5.45. The Balaban J connectivity index is 1.38. The number of amides is 1. The molecule has 6 nitrogen and oxygen atoms in total. The largest absolute Gasteiger partial charge is 0.467 e. The number of ether oxygens (including phenoxy) is 1. The standard InChI is InChI=1S/C26H25N3O3/c1-19-25(20(2)29(28-19)23-10-4-3-5-11-23)13-14-26(30)27-22-9-6-8-21(16-22)17-31-18-24-12-7-15-32-24/h3-16H,17-18H2,1-2H3,(H,27,30). The first-order valence-electron chi connectivity index (χ1n) is 10.4. The van der Waals surface area contributed by atoms with E-state index in [9.17, 15) is 4.79 Å². The number of nitrogens with one attached hydrogen (secondary N) is 1. The molecule has 0 atom stereocenters. The van der Waals surface area contributed by atoms with E-state index in [4.69, 9.17) is 9.15 Å². The lowest BCUT2D eigenvalue weighted by atomic mass is 10.1. The first-order chi connectivity index (χ1) is 15.6. The van der Waals surface area contributed by atoms with E-state index in [0.717, 1.165) is 34.0 Å². The third-order valence-electron chi connectivity index (χ3n) is 5.04. The number of hydrogen-bond donors (Lipinski definition) is 1. The molecule has 2 aromatic carbocycles. The third-order valence-corrected chi connectivity index (χ3v) is 5.04. The van der Waals surface area contributed by atoms with Gasteiger partial charge in [0.05, 0.1) is 24.3 Å². The molecule has 1 amide bonds. The van der Waals surface area contributed by atoms with Crippen LogP contribution in [0.3, 0.4) is 0 Å². The van der Waals surface area contributed by atoms with Gasteiger partial charge in [0, 0.05) is 23.0 Å². The van der Waals surface area contributed by atoms with Gasteiger partial charge in [0.1, 0.15) is 12.4 Å². The van der Waals surface area contributed by atoms with Crippen molar-refractivity contribution in [2.75, 3.05) is 5.32 Å². The number of rotatable bonds is 8. The maximum atomic E-state index is 12.5. The van der Waals surface area contributed by atoms with Crippen LogP contribution < -0.4 is 5.32 Å². The zero-order chi connectivity index (χ0) is 22.3. The van der Waals surface area contributed by atoms with Crippen LogP contribution in [0.1, 0.15) is 28.3 Å². The Hall–Kier alpha value is -3.90. The first-order valence-corrected chi connectivity index (χ1v) is 10.4. The van der Waals surface area contributed by atoms with Gasteiger partial charge in [0.25, 0.3) is 0 Å². The molecule has 0 saturated heterocycles. The SMILES string of the molecule is Cc1nn(-c2ccccc2)c(C)c1C=CC(=O)Nc1cccc(COCc2ccco2)c1. The molecule has 4 rings (SSSR count). The van der Waals surface area contributed by atoms with Gasteiger partial charge in [-0.2, -0.15) is 5.10 Å². The topological polar surface area (TPSA) is 69.3 Å². The lowest BCUT2D eigenvalue weighted by Crippen LogP contribution is -2.08. The Labute approximate surface area is 187 Å². The van der Waals surface area contributed by atoms with Crippen molar-refractivity contribution in [3.8, 4) is 5.69 Å². The van der Waals surface area contributed by atoms with E-state index < -0.39 is 0 Å². The molecule has 1 N–H and O–H groups in total. The summed E-state index contributed by atoms with van der Waals surface area (Å²) in [6.07, 6.45) is 4.97. The van der Waals surface area contributed by atoms with Crippen LogP contribution in [0.4, 0.5) is 5.69 Å². The second-order valence-corrected chi connectivity index (χ2v) is 7.43. The highest BCUT2D eigenvalue weighted by Crippen LogP contribution is 2.19. The van der Waals surface area contributed by atoms with E-state index in [1.807, 2.05) is 91.3 Å². The van der Waals surface area contributed by atoms with Crippen LogP contribution in [-0.4, -0.2) is 15.7 Å². The summed E-state index contributed by atoms with van der Waals surface area (Å²) in [7, 11) is 0. The lowest BCUT2D eigenvalue weighted by molar-refractivity contribution is -0.111. The van der Waals surface area contributed by atoms with Crippen molar-refractivity contribution in [2.24, 2.45) is 0 Å². The van der Waals surface area contributed by atoms with Crippen molar-refractivity contribution in [2.45, 2.75) is 27.1 Å². The number of carbonyl (C=O) groups is 1. The molecule has 0 bridgehead atoms. The molecule has 0 aliphatic heterocycles. The molecule has 2 heterocycles. The highest BCUT2D eigenvalue weighted by Gasteiger charge is 2.11. The smallest absolute Gasteiger partial charge is 0.248 e. The second-order valence-electron chi connectivity index (χ2n) is 7.43. The molecule has 4 aromatic rings. The lowest BCUT2D eigenvalue weighted by Gasteiger charge is -2.06. The van der Waals surface area contributed by atoms with Crippen LogP contribution >= 0.6 is 0 Å². The molecule has 0 aliphatic rings. The quantitative estimate of drug-likeness (QED) is 0.380. The molecule has 162 valence electrons. The van der Waals surface area contributed by atoms with Crippen molar-refractivity contribution in [3.05, 3.63) is 107 Å². The van der Waals surface area contributed by atoms with Crippen LogP contribution in [0, 0.1) is 13.8 Å². The second kappa shape index (κ2) is 9.94. The van der Waals surface area contributed by atoms with Gasteiger partial charge in [-0.1, -0.05) is 30.3 Å². The van der Waals surface area contributed by atoms with E-state index in [1.165, 1.54) is 6.08 Å². The van der Waals surface area contributed by atoms with Gasteiger partial charge >= 0.3 is 0 Å². The molecule has 32 heavy (non-hydrogen) atoms. The summed E-state index contributed by atoms with van der Waals surface area (Å²) >= 11 is 0. The Morgan fingerprint density at radius 1 is 1.06 bits per heavy atom. The normalized spacial score (nSPS) is 11.2. The first kappa shape index (κ1) is 21.3. The number of benzene rings is 2. The van der Waals surface area contributed by atoms with Gasteiger partial charge in [-0.15, -0.1) is 0 Å². The minimum Gasteiger partial charge on any atom is -0.467 e. The van der Waals surface area contributed by atoms with Gasteiger partial charge in [-0.3, -0.25) is 4.79 Å². The Morgan fingerprint density at radius 3 is 2.69 bits per heavy atom. The fraction of sp³-hybridized carbons (Fsp3) is 0.154. The number of aromatic nitrogens is 2. The van der Waals surface area contributed by atoms with Crippen LogP contribution in [-0.2, 0) is 22.7 Å². The average molecular weight is 428 g/mol. The van der Waals surface area contributed by atoms with Crippen molar-refractivity contribution in [1.29, 1.82) is 0 Å². The number of nitrogens with zero attached hydrogens (tertiary/aromatic N) is 2. The molecular weight excluding hydrogens is 402 g/mol. The molecule has 0 fully saturated rings. The Kier molecular flexibility index (Phi) is 6.63. The highest BCUT2D eigenvalue weighted by atomic mass is 16.5. The van der Waals surface area contributed by atoms with Crippen LogP contribution in [0.2, 0.25) is 0 Å². The minimum absolute atomic E-state index is 0.204. The summed E-state index contributed by atoms with van der Waals surface area (Å²) in [5, 5.41) is 7.52. The average Bonchev–Trinajstić information content (AvgIpc) is 3.41. The van der Waals surface area contributed by atoms with Crippen molar-refractivity contribution >= 4 is 17.7 Å². The van der Waals surface area contributed by atoms with Crippen LogP contribution in [0.15, 0.2) is 83.5 Å². The summed E-state index contributed by atoms with van der Waals surface area (Å²) < 4.78 is 12.8. The van der Waals surface area contributed by atoms with E-state index in [-0.39, 0.29) is 5.91 Å². The van der Waals surface area contributed by atoms with Crippen molar-refractivity contribution in [3.63, 3.8) is 0 Å².